The van der Waals surface area contributed by atoms with Crippen molar-refractivity contribution in [3.63, 3.8) is 0 Å². The summed E-state index contributed by atoms with van der Waals surface area (Å²) in [5.41, 5.74) is 1.35. The Morgan fingerprint density at radius 2 is 2.17 bits per heavy atom. The van der Waals surface area contributed by atoms with Crippen LogP contribution in [-0.4, -0.2) is 41.7 Å². The second kappa shape index (κ2) is 5.33. The van der Waals surface area contributed by atoms with Gasteiger partial charge in [0.1, 0.15) is 5.84 Å². The number of amidine groups is 1. The first-order chi connectivity index (χ1) is 8.83. The van der Waals surface area contributed by atoms with Crippen LogP contribution < -0.4 is 5.32 Å². The first kappa shape index (κ1) is 12.1. The third-order valence-corrected chi connectivity index (χ3v) is 4.00. The first-order valence-electron chi connectivity index (χ1n) is 6.57. The van der Waals surface area contributed by atoms with E-state index in [1.54, 1.807) is 0 Å². The highest BCUT2D eigenvalue weighted by atomic mass is 32.1. The van der Waals surface area contributed by atoms with Gasteiger partial charge in [0.05, 0.1) is 12.6 Å². The number of rotatable bonds is 3. The Bertz CT molecular complexity index is 432. The van der Waals surface area contributed by atoms with Gasteiger partial charge in [0.15, 0.2) is 0 Å². The molecule has 0 saturated carbocycles. The minimum Gasteiger partial charge on any atom is -0.353 e. The molecular weight excluding hydrogens is 242 g/mol. The molecule has 1 aromatic carbocycles. The van der Waals surface area contributed by atoms with Gasteiger partial charge < -0.3 is 10.2 Å². The van der Waals surface area contributed by atoms with Crippen LogP contribution in [0, 0.1) is 0 Å². The molecule has 3 nitrogen and oxygen atoms in total. The van der Waals surface area contributed by atoms with Crippen LogP contribution in [0.25, 0.3) is 0 Å². The molecule has 0 aromatic heterocycles. The molecule has 96 valence electrons. The van der Waals surface area contributed by atoms with Crippen molar-refractivity contribution in [2.24, 2.45) is 4.99 Å². The van der Waals surface area contributed by atoms with Crippen molar-refractivity contribution in [3.05, 3.63) is 35.9 Å². The number of hydrogen-bond donors (Lipinski definition) is 2. The van der Waals surface area contributed by atoms with E-state index in [0.29, 0.717) is 11.3 Å². The summed E-state index contributed by atoms with van der Waals surface area (Å²) in [4.78, 5) is 7.08. The lowest BCUT2D eigenvalue weighted by Crippen LogP contribution is -2.40. The van der Waals surface area contributed by atoms with Crippen molar-refractivity contribution >= 4 is 18.5 Å². The Balaban J connectivity index is 1.68. The molecule has 3 rings (SSSR count). The van der Waals surface area contributed by atoms with Crippen LogP contribution in [0.3, 0.4) is 0 Å². The van der Waals surface area contributed by atoms with E-state index in [2.05, 4.69) is 58.2 Å². The zero-order valence-electron chi connectivity index (χ0n) is 10.4. The maximum atomic E-state index is 4.68. The molecule has 1 N–H and O–H groups in total. The van der Waals surface area contributed by atoms with E-state index in [-0.39, 0.29) is 0 Å². The van der Waals surface area contributed by atoms with Crippen molar-refractivity contribution in [1.82, 2.24) is 10.2 Å². The van der Waals surface area contributed by atoms with Gasteiger partial charge in [0.25, 0.3) is 0 Å². The summed E-state index contributed by atoms with van der Waals surface area (Å²) in [5.74, 6) is 1.23. The van der Waals surface area contributed by atoms with Crippen molar-refractivity contribution in [1.29, 1.82) is 0 Å². The first-order valence-corrected chi connectivity index (χ1v) is 7.09. The molecule has 4 heteroatoms. The summed E-state index contributed by atoms with van der Waals surface area (Å²) < 4.78 is 0. The van der Waals surface area contributed by atoms with Gasteiger partial charge in [-0.05, 0) is 12.0 Å². The lowest BCUT2D eigenvalue weighted by atomic mass is 10.1. The second-order valence-corrected chi connectivity index (χ2v) is 5.73. The van der Waals surface area contributed by atoms with Crippen LogP contribution in [0.5, 0.6) is 0 Å². The molecule has 1 saturated heterocycles. The lowest BCUT2D eigenvalue weighted by molar-refractivity contribution is 0.433. The van der Waals surface area contributed by atoms with E-state index in [1.807, 2.05) is 0 Å². The Hall–Kier alpha value is -1.00. The zero-order chi connectivity index (χ0) is 12.4. The van der Waals surface area contributed by atoms with Crippen molar-refractivity contribution in [2.75, 3.05) is 19.6 Å². The average molecular weight is 261 g/mol. The molecule has 1 aromatic rings. The molecule has 18 heavy (non-hydrogen) atoms. The number of benzene rings is 1. The number of aliphatic imine (C=N–C) groups is 1. The highest BCUT2D eigenvalue weighted by Gasteiger charge is 2.30. The Morgan fingerprint density at radius 1 is 1.33 bits per heavy atom. The zero-order valence-corrected chi connectivity index (χ0v) is 11.3. The molecule has 2 aliphatic rings. The van der Waals surface area contributed by atoms with Crippen LogP contribution >= 0.6 is 12.6 Å². The largest absolute Gasteiger partial charge is 0.353 e. The smallest absolute Gasteiger partial charge is 0.117 e. The summed E-state index contributed by atoms with van der Waals surface area (Å²) in [5, 5.41) is 3.98. The van der Waals surface area contributed by atoms with Gasteiger partial charge in [-0.1, -0.05) is 30.3 Å². The standard InChI is InChI=1S/C14H19N3S/c18-12-8-13(16-9-12)14-15-6-7-17(14)10-11-4-2-1-3-5-11/h1-5,12-13,16,18H,6-10H2. The SMILES string of the molecule is SC1CNC(C2=NCCN2Cc2ccccc2)C1. The van der Waals surface area contributed by atoms with Gasteiger partial charge in [0, 0.05) is 24.9 Å². The predicted molar refractivity (Wildman–Crippen MR) is 78.3 cm³/mol. The fraction of sp³-hybridized carbons (Fsp3) is 0.500. The second-order valence-electron chi connectivity index (χ2n) is 5.00. The summed E-state index contributed by atoms with van der Waals surface area (Å²) >= 11 is 4.54. The molecule has 2 unspecified atom stereocenters. The van der Waals surface area contributed by atoms with E-state index in [1.165, 1.54) is 11.4 Å². The van der Waals surface area contributed by atoms with E-state index >= 15 is 0 Å². The number of hydrogen-bond acceptors (Lipinski definition) is 4. The monoisotopic (exact) mass is 261 g/mol. The highest BCUT2D eigenvalue weighted by Crippen LogP contribution is 2.19. The van der Waals surface area contributed by atoms with Crippen LogP contribution in [0.1, 0.15) is 12.0 Å². The Labute approximate surface area is 114 Å². The minimum atomic E-state index is 0.402. The fourth-order valence-corrected chi connectivity index (χ4v) is 3.02. The number of nitrogens with one attached hydrogen (secondary N) is 1. The fourth-order valence-electron chi connectivity index (χ4n) is 2.71. The van der Waals surface area contributed by atoms with Gasteiger partial charge in [-0.25, -0.2) is 0 Å². The van der Waals surface area contributed by atoms with E-state index in [0.717, 1.165) is 32.6 Å². The summed E-state index contributed by atoms with van der Waals surface area (Å²) in [6.07, 6.45) is 1.09. The van der Waals surface area contributed by atoms with Crippen LogP contribution in [0.2, 0.25) is 0 Å². The molecule has 0 amide bonds. The predicted octanol–water partition coefficient (Wildman–Crippen LogP) is 1.56. The third-order valence-electron chi connectivity index (χ3n) is 3.60. The normalized spacial score (nSPS) is 27.6. The summed E-state index contributed by atoms with van der Waals surface area (Å²) in [6, 6.07) is 11.0. The molecule has 0 radical (unpaired) electrons. The van der Waals surface area contributed by atoms with Crippen molar-refractivity contribution < 1.29 is 0 Å². The van der Waals surface area contributed by atoms with Crippen LogP contribution in [-0.2, 0) is 6.54 Å². The molecule has 1 fully saturated rings. The van der Waals surface area contributed by atoms with Gasteiger partial charge in [-0.3, -0.25) is 4.99 Å². The van der Waals surface area contributed by atoms with E-state index < -0.39 is 0 Å². The topological polar surface area (TPSA) is 27.6 Å². The van der Waals surface area contributed by atoms with E-state index in [9.17, 15) is 0 Å². The molecule has 2 aliphatic heterocycles. The van der Waals surface area contributed by atoms with Gasteiger partial charge in [0.2, 0.25) is 0 Å². The maximum Gasteiger partial charge on any atom is 0.117 e. The Morgan fingerprint density at radius 3 is 2.89 bits per heavy atom. The molecule has 2 heterocycles. The molecule has 0 bridgehead atoms. The van der Waals surface area contributed by atoms with Gasteiger partial charge in [-0.2, -0.15) is 12.6 Å². The Kier molecular flexibility index (Phi) is 3.57. The molecule has 0 aliphatic carbocycles. The third kappa shape index (κ3) is 2.54. The number of thiol groups is 1. The van der Waals surface area contributed by atoms with Crippen LogP contribution in [0.15, 0.2) is 35.3 Å². The summed E-state index contributed by atoms with van der Waals surface area (Å²) in [7, 11) is 0. The van der Waals surface area contributed by atoms with Crippen molar-refractivity contribution in [2.45, 2.75) is 24.3 Å². The quantitative estimate of drug-likeness (QED) is 0.808. The molecular formula is C14H19N3S. The van der Waals surface area contributed by atoms with Crippen LogP contribution in [0.4, 0.5) is 0 Å². The van der Waals surface area contributed by atoms with Gasteiger partial charge >= 0.3 is 0 Å². The maximum absolute atomic E-state index is 4.68. The van der Waals surface area contributed by atoms with Gasteiger partial charge in [-0.15, -0.1) is 0 Å². The molecule has 2 atom stereocenters. The average Bonchev–Trinajstić information content (AvgIpc) is 2.99. The number of nitrogens with zero attached hydrogens (tertiary/aromatic N) is 2. The summed E-state index contributed by atoms with van der Waals surface area (Å²) in [6.45, 7) is 3.93. The lowest BCUT2D eigenvalue weighted by Gasteiger charge is -2.24. The molecule has 0 spiro atoms. The van der Waals surface area contributed by atoms with E-state index in [4.69, 9.17) is 0 Å². The highest BCUT2D eigenvalue weighted by molar-refractivity contribution is 7.81. The van der Waals surface area contributed by atoms with Crippen molar-refractivity contribution in [3.8, 4) is 0 Å². The minimum absolute atomic E-state index is 0.402.